The Labute approximate surface area is 97.0 Å². The van der Waals surface area contributed by atoms with Crippen molar-refractivity contribution in [2.75, 3.05) is 20.1 Å². The predicted molar refractivity (Wildman–Crippen MR) is 62.0 cm³/mol. The highest BCUT2D eigenvalue weighted by atomic mass is 16.3. The van der Waals surface area contributed by atoms with Crippen LogP contribution in [0.15, 0.2) is 0 Å². The highest BCUT2D eigenvalue weighted by Crippen LogP contribution is 2.35. The number of nitrogens with one attached hydrogen (secondary N) is 1. The van der Waals surface area contributed by atoms with E-state index in [1.165, 1.54) is 0 Å². The number of likely N-dealkylation sites (N-methyl/N-ethyl adjacent to an activating group) is 1. The summed E-state index contributed by atoms with van der Waals surface area (Å²) >= 11 is 0. The summed E-state index contributed by atoms with van der Waals surface area (Å²) in [4.78, 5) is 13.6. The number of nitrogens with zero attached hydrogens (tertiary/aromatic N) is 1. The van der Waals surface area contributed by atoms with Crippen molar-refractivity contribution in [3.63, 3.8) is 0 Å². The Morgan fingerprint density at radius 1 is 1.38 bits per heavy atom. The third-order valence-electron chi connectivity index (χ3n) is 4.07. The Hall–Kier alpha value is -0.610. The Balaban J connectivity index is 1.94. The summed E-state index contributed by atoms with van der Waals surface area (Å²) < 4.78 is 0. The Morgan fingerprint density at radius 2 is 2.19 bits per heavy atom. The fourth-order valence-electron chi connectivity index (χ4n) is 3.21. The summed E-state index contributed by atoms with van der Waals surface area (Å²) in [5.74, 6) is 0.478. The first kappa shape index (κ1) is 11.9. The second-order valence-corrected chi connectivity index (χ2v) is 5.02. The van der Waals surface area contributed by atoms with E-state index < -0.39 is 0 Å². The number of rotatable bonds is 3. The van der Waals surface area contributed by atoms with Gasteiger partial charge in [0.2, 0.25) is 5.91 Å². The van der Waals surface area contributed by atoms with Crippen molar-refractivity contribution in [1.82, 2.24) is 10.2 Å². The van der Waals surface area contributed by atoms with Crippen LogP contribution in [0.4, 0.5) is 0 Å². The van der Waals surface area contributed by atoms with E-state index in [2.05, 4.69) is 10.2 Å². The molecule has 2 rings (SSSR count). The highest BCUT2D eigenvalue weighted by Gasteiger charge is 2.38. The molecule has 0 aromatic heterocycles. The fourth-order valence-corrected chi connectivity index (χ4v) is 3.21. The van der Waals surface area contributed by atoms with Crippen LogP contribution in [0.1, 0.15) is 32.1 Å². The van der Waals surface area contributed by atoms with Gasteiger partial charge in [0.05, 0.1) is 12.6 Å². The Morgan fingerprint density at radius 3 is 2.81 bits per heavy atom. The van der Waals surface area contributed by atoms with E-state index in [9.17, 15) is 9.90 Å². The zero-order chi connectivity index (χ0) is 11.5. The molecule has 4 heteroatoms. The van der Waals surface area contributed by atoms with Crippen LogP contribution >= 0.6 is 0 Å². The first-order chi connectivity index (χ1) is 7.72. The summed E-state index contributed by atoms with van der Waals surface area (Å²) in [5, 5.41) is 12.6. The van der Waals surface area contributed by atoms with Crippen molar-refractivity contribution in [1.29, 1.82) is 0 Å². The van der Waals surface area contributed by atoms with E-state index in [1.807, 2.05) is 0 Å². The van der Waals surface area contributed by atoms with Crippen LogP contribution in [0, 0.1) is 5.92 Å². The first-order valence-electron chi connectivity index (χ1n) is 6.35. The molecule has 1 saturated heterocycles. The van der Waals surface area contributed by atoms with E-state index in [0.29, 0.717) is 18.5 Å². The van der Waals surface area contributed by atoms with Crippen LogP contribution < -0.4 is 5.32 Å². The molecule has 16 heavy (non-hydrogen) atoms. The van der Waals surface area contributed by atoms with Crippen LogP contribution in [0.5, 0.6) is 0 Å². The maximum atomic E-state index is 11.4. The summed E-state index contributed by atoms with van der Waals surface area (Å²) in [6.07, 6.45) is 5.35. The van der Waals surface area contributed by atoms with Crippen molar-refractivity contribution >= 4 is 5.91 Å². The van der Waals surface area contributed by atoms with Crippen LogP contribution in [0.25, 0.3) is 0 Å². The minimum atomic E-state index is -0.143. The molecule has 0 bridgehead atoms. The monoisotopic (exact) mass is 226 g/mol. The average Bonchev–Trinajstić information content (AvgIpc) is 2.86. The van der Waals surface area contributed by atoms with Gasteiger partial charge in [-0.2, -0.15) is 0 Å². The molecule has 4 nitrogen and oxygen atoms in total. The molecule has 1 saturated carbocycles. The van der Waals surface area contributed by atoms with E-state index in [4.69, 9.17) is 0 Å². The fraction of sp³-hybridized carbons (Fsp3) is 0.917. The van der Waals surface area contributed by atoms with Crippen LogP contribution in [-0.2, 0) is 4.79 Å². The molecule has 3 atom stereocenters. The molecular formula is C12H22N2O2. The quantitative estimate of drug-likeness (QED) is 0.730. The lowest BCUT2D eigenvalue weighted by molar-refractivity contribution is -0.122. The largest absolute Gasteiger partial charge is 0.393 e. The molecule has 1 aliphatic heterocycles. The lowest BCUT2D eigenvalue weighted by Gasteiger charge is -2.30. The maximum absolute atomic E-state index is 11.4. The van der Waals surface area contributed by atoms with Gasteiger partial charge in [-0.3, -0.25) is 9.69 Å². The van der Waals surface area contributed by atoms with Crippen LogP contribution in [0.2, 0.25) is 0 Å². The summed E-state index contributed by atoms with van der Waals surface area (Å²) in [6.45, 7) is 1.49. The van der Waals surface area contributed by atoms with Gasteiger partial charge < -0.3 is 10.4 Å². The van der Waals surface area contributed by atoms with Crippen molar-refractivity contribution in [3.8, 4) is 0 Å². The van der Waals surface area contributed by atoms with Gasteiger partial charge in [-0.1, -0.05) is 6.42 Å². The Kier molecular flexibility index (Phi) is 3.82. The summed E-state index contributed by atoms with van der Waals surface area (Å²) in [5.41, 5.74) is 0. The van der Waals surface area contributed by atoms with Crippen LogP contribution in [-0.4, -0.2) is 48.2 Å². The molecule has 1 heterocycles. The van der Waals surface area contributed by atoms with Crippen molar-refractivity contribution in [2.45, 2.75) is 44.2 Å². The molecule has 0 aromatic carbocycles. The minimum absolute atomic E-state index is 0.0828. The van der Waals surface area contributed by atoms with Gasteiger partial charge in [0.1, 0.15) is 0 Å². The summed E-state index contributed by atoms with van der Waals surface area (Å²) in [6, 6.07) is 0.426. The molecule has 0 radical (unpaired) electrons. The van der Waals surface area contributed by atoms with Gasteiger partial charge in [0.15, 0.2) is 0 Å². The Bertz CT molecular complexity index is 257. The van der Waals surface area contributed by atoms with Gasteiger partial charge in [-0.05, 0) is 32.2 Å². The van der Waals surface area contributed by atoms with E-state index >= 15 is 0 Å². The maximum Gasteiger partial charge on any atom is 0.233 e. The number of carbonyl (C=O) groups is 1. The molecule has 2 fully saturated rings. The predicted octanol–water partition coefficient (Wildman–Crippen LogP) is 0.358. The smallest absolute Gasteiger partial charge is 0.233 e. The number of aliphatic hydroxyl groups is 1. The van der Waals surface area contributed by atoms with Gasteiger partial charge in [-0.25, -0.2) is 0 Å². The van der Waals surface area contributed by atoms with Gasteiger partial charge in [-0.15, -0.1) is 0 Å². The number of carbonyl (C=O) groups excluding carboxylic acids is 1. The zero-order valence-corrected chi connectivity index (χ0v) is 9.98. The minimum Gasteiger partial charge on any atom is -0.393 e. The van der Waals surface area contributed by atoms with Gasteiger partial charge in [0, 0.05) is 19.0 Å². The highest BCUT2D eigenvalue weighted by molar-refractivity contribution is 5.77. The number of hydrogen-bond donors (Lipinski definition) is 2. The number of amides is 1. The molecule has 0 spiro atoms. The second-order valence-electron chi connectivity index (χ2n) is 5.02. The molecule has 3 unspecified atom stereocenters. The third kappa shape index (κ3) is 2.38. The molecule has 2 N–H and O–H groups in total. The van der Waals surface area contributed by atoms with Crippen LogP contribution in [0.3, 0.4) is 0 Å². The lowest BCUT2D eigenvalue weighted by Crippen LogP contribution is -2.43. The molecular weight excluding hydrogens is 204 g/mol. The van der Waals surface area contributed by atoms with E-state index in [1.54, 1.807) is 7.05 Å². The molecule has 92 valence electrons. The normalized spacial score (nSPS) is 35.5. The summed E-state index contributed by atoms with van der Waals surface area (Å²) in [7, 11) is 1.68. The SMILES string of the molecule is CNC(=O)CN1CCCC1C1CCCC1O. The number of likely N-dealkylation sites (tertiary alicyclic amines) is 1. The zero-order valence-electron chi connectivity index (χ0n) is 9.98. The number of aliphatic hydroxyl groups excluding tert-OH is 1. The van der Waals surface area contributed by atoms with E-state index in [0.717, 1.165) is 38.6 Å². The standard InChI is InChI=1S/C12H22N2O2/c1-13-12(16)8-14-7-3-5-10(14)9-4-2-6-11(9)15/h9-11,15H,2-8H2,1H3,(H,13,16). The third-order valence-corrected chi connectivity index (χ3v) is 4.07. The molecule has 0 aromatic rings. The van der Waals surface area contributed by atoms with Crippen molar-refractivity contribution in [2.24, 2.45) is 5.92 Å². The van der Waals surface area contributed by atoms with Gasteiger partial charge in [0.25, 0.3) is 0 Å². The van der Waals surface area contributed by atoms with Crippen molar-refractivity contribution in [3.05, 3.63) is 0 Å². The second kappa shape index (κ2) is 5.15. The lowest BCUT2D eigenvalue weighted by atomic mass is 9.94. The van der Waals surface area contributed by atoms with Crippen molar-refractivity contribution < 1.29 is 9.90 Å². The molecule has 2 aliphatic rings. The van der Waals surface area contributed by atoms with E-state index in [-0.39, 0.29) is 12.0 Å². The molecule has 1 amide bonds. The first-order valence-corrected chi connectivity index (χ1v) is 6.35. The molecule has 1 aliphatic carbocycles. The topological polar surface area (TPSA) is 52.6 Å². The average molecular weight is 226 g/mol. The van der Waals surface area contributed by atoms with Gasteiger partial charge >= 0.3 is 0 Å². The number of hydrogen-bond acceptors (Lipinski definition) is 3.